The van der Waals surface area contributed by atoms with E-state index in [1.807, 2.05) is 53.4 Å². The lowest BCUT2D eigenvalue weighted by Gasteiger charge is -2.28. The van der Waals surface area contributed by atoms with E-state index in [1.54, 1.807) is 0 Å². The Morgan fingerprint density at radius 2 is 1.79 bits per heavy atom. The summed E-state index contributed by atoms with van der Waals surface area (Å²) in [6, 6.07) is 15.6. The van der Waals surface area contributed by atoms with Crippen molar-refractivity contribution in [2.75, 3.05) is 18.0 Å². The number of anilines is 1. The Morgan fingerprint density at radius 1 is 1.03 bits per heavy atom. The van der Waals surface area contributed by atoms with Gasteiger partial charge in [-0.2, -0.15) is 0 Å². The number of nitrogens with one attached hydrogen (secondary N) is 2. The van der Waals surface area contributed by atoms with Gasteiger partial charge in [0, 0.05) is 36.8 Å². The van der Waals surface area contributed by atoms with E-state index in [-0.39, 0.29) is 11.8 Å². The van der Waals surface area contributed by atoms with Gasteiger partial charge in [0.2, 0.25) is 5.91 Å². The van der Waals surface area contributed by atoms with Gasteiger partial charge in [0.1, 0.15) is 0 Å². The van der Waals surface area contributed by atoms with Crippen LogP contribution in [-0.4, -0.2) is 48.2 Å². The number of carbonyl (C=O) groups is 2. The number of aliphatic hydroxyl groups is 1. The Bertz CT molecular complexity index is 1040. The van der Waals surface area contributed by atoms with Crippen LogP contribution in [0.2, 0.25) is 0 Å². The summed E-state index contributed by atoms with van der Waals surface area (Å²) in [4.78, 5) is 28.1. The molecular formula is C33H49N3O3. The highest BCUT2D eigenvalue weighted by Gasteiger charge is 2.25. The Balaban J connectivity index is 1.75. The van der Waals surface area contributed by atoms with Crippen LogP contribution in [0.4, 0.5) is 5.69 Å². The summed E-state index contributed by atoms with van der Waals surface area (Å²) in [7, 11) is 0. The Kier molecular flexibility index (Phi) is 12.5. The zero-order valence-electron chi connectivity index (χ0n) is 24.4. The van der Waals surface area contributed by atoms with Gasteiger partial charge in [-0.05, 0) is 74.3 Å². The third kappa shape index (κ3) is 10.1. The average Bonchev–Trinajstić information content (AvgIpc) is 2.92. The summed E-state index contributed by atoms with van der Waals surface area (Å²) < 4.78 is 0. The van der Waals surface area contributed by atoms with Crippen molar-refractivity contribution >= 4 is 17.5 Å². The summed E-state index contributed by atoms with van der Waals surface area (Å²) >= 11 is 0. The summed E-state index contributed by atoms with van der Waals surface area (Å²) in [5, 5.41) is 17.8. The number of nitrogens with zero attached hydrogens (tertiary/aromatic N) is 1. The lowest BCUT2D eigenvalue weighted by atomic mass is 9.98. The normalized spacial score (nSPS) is 16.3. The van der Waals surface area contributed by atoms with E-state index >= 15 is 0 Å². The molecule has 2 amide bonds. The summed E-state index contributed by atoms with van der Waals surface area (Å²) in [6.07, 6.45) is 7.43. The molecule has 2 aromatic rings. The van der Waals surface area contributed by atoms with E-state index in [0.717, 1.165) is 55.3 Å². The monoisotopic (exact) mass is 535 g/mol. The van der Waals surface area contributed by atoms with Crippen LogP contribution in [0, 0.1) is 5.92 Å². The molecule has 1 fully saturated rings. The number of hydrogen-bond acceptors (Lipinski definition) is 4. The minimum atomic E-state index is -0.747. The molecule has 6 nitrogen and oxygen atoms in total. The third-order valence-electron chi connectivity index (χ3n) is 7.59. The van der Waals surface area contributed by atoms with Gasteiger partial charge in [-0.15, -0.1) is 0 Å². The summed E-state index contributed by atoms with van der Waals surface area (Å²) in [5.41, 5.74) is 3.45. The zero-order valence-corrected chi connectivity index (χ0v) is 24.4. The second-order valence-electron chi connectivity index (χ2n) is 11.6. The molecule has 0 aliphatic carbocycles. The molecule has 3 atom stereocenters. The van der Waals surface area contributed by atoms with E-state index in [2.05, 4.69) is 38.3 Å². The first-order valence-electron chi connectivity index (χ1n) is 15.0. The molecule has 3 N–H and O–H groups in total. The van der Waals surface area contributed by atoms with Crippen LogP contribution in [0.5, 0.6) is 0 Å². The number of hydrogen-bond donors (Lipinski definition) is 3. The van der Waals surface area contributed by atoms with Gasteiger partial charge >= 0.3 is 0 Å². The van der Waals surface area contributed by atoms with Gasteiger partial charge in [0.05, 0.1) is 12.1 Å². The van der Waals surface area contributed by atoms with Gasteiger partial charge in [0.15, 0.2) is 0 Å². The third-order valence-corrected chi connectivity index (χ3v) is 7.59. The van der Waals surface area contributed by atoms with E-state index in [0.29, 0.717) is 43.5 Å². The largest absolute Gasteiger partial charge is 0.390 e. The van der Waals surface area contributed by atoms with Crippen LogP contribution in [-0.2, 0) is 17.6 Å². The van der Waals surface area contributed by atoms with Crippen molar-refractivity contribution in [2.45, 2.75) is 104 Å². The molecular weight excluding hydrogens is 486 g/mol. The van der Waals surface area contributed by atoms with Gasteiger partial charge in [0.25, 0.3) is 5.91 Å². The standard InChI is InChI=1S/C33H49N3O3/c1-5-12-27-19-28(22-29(20-27)36-18-10-9-17-32(36)38)33(39)35-30(21-26-15-7-6-8-16-26)31(37)23-34-25(4)14-11-13-24(2)3/h6-8,15-16,19-20,22,24-25,30-31,34,37H,5,9-14,17-18,21,23H2,1-4H3,(H,35,39)/t25?,30-,31+/m0/s1. The molecule has 0 spiro atoms. The summed E-state index contributed by atoms with van der Waals surface area (Å²) in [6.45, 7) is 9.84. The maximum absolute atomic E-state index is 13.6. The molecule has 1 aliphatic rings. The molecule has 0 radical (unpaired) electrons. The van der Waals surface area contributed by atoms with E-state index in [9.17, 15) is 14.7 Å². The molecule has 0 bridgehead atoms. The first-order chi connectivity index (χ1) is 18.8. The van der Waals surface area contributed by atoms with E-state index in [4.69, 9.17) is 0 Å². The van der Waals surface area contributed by atoms with Crippen LogP contribution in [0.1, 0.15) is 94.1 Å². The van der Waals surface area contributed by atoms with E-state index in [1.165, 1.54) is 6.42 Å². The van der Waals surface area contributed by atoms with Gasteiger partial charge in [-0.25, -0.2) is 0 Å². The van der Waals surface area contributed by atoms with Gasteiger partial charge < -0.3 is 20.6 Å². The first kappa shape index (κ1) is 30.8. The lowest BCUT2D eigenvalue weighted by Crippen LogP contribution is -2.49. The van der Waals surface area contributed by atoms with Crippen molar-refractivity contribution in [3.8, 4) is 0 Å². The Labute approximate surface area is 235 Å². The minimum absolute atomic E-state index is 0.118. The molecule has 39 heavy (non-hydrogen) atoms. The second-order valence-corrected chi connectivity index (χ2v) is 11.6. The van der Waals surface area contributed by atoms with Gasteiger partial charge in [-0.1, -0.05) is 70.4 Å². The van der Waals surface area contributed by atoms with Crippen molar-refractivity contribution in [3.63, 3.8) is 0 Å². The fourth-order valence-corrected chi connectivity index (χ4v) is 5.27. The average molecular weight is 536 g/mol. The fourth-order valence-electron chi connectivity index (χ4n) is 5.27. The molecule has 6 heteroatoms. The van der Waals surface area contributed by atoms with Crippen molar-refractivity contribution in [1.82, 2.24) is 10.6 Å². The van der Waals surface area contributed by atoms with Crippen LogP contribution in [0.15, 0.2) is 48.5 Å². The first-order valence-corrected chi connectivity index (χ1v) is 15.0. The molecule has 1 unspecified atom stereocenters. The number of rotatable bonds is 15. The highest BCUT2D eigenvalue weighted by atomic mass is 16.3. The molecule has 2 aromatic carbocycles. The van der Waals surface area contributed by atoms with Crippen LogP contribution in [0.3, 0.4) is 0 Å². The second kappa shape index (κ2) is 15.8. The SMILES string of the molecule is CCCc1cc(C(=O)N[C@@H](Cc2ccccc2)[C@H](O)CNC(C)CCCC(C)C)cc(N2CCCCC2=O)c1. The molecule has 1 aliphatic heterocycles. The number of benzene rings is 2. The maximum atomic E-state index is 13.6. The Hall–Kier alpha value is -2.70. The lowest BCUT2D eigenvalue weighted by molar-refractivity contribution is -0.119. The van der Waals surface area contributed by atoms with Crippen molar-refractivity contribution in [3.05, 3.63) is 65.2 Å². The zero-order chi connectivity index (χ0) is 28.2. The minimum Gasteiger partial charge on any atom is -0.390 e. The van der Waals surface area contributed by atoms with Crippen molar-refractivity contribution < 1.29 is 14.7 Å². The highest BCUT2D eigenvalue weighted by Crippen LogP contribution is 2.25. The van der Waals surface area contributed by atoms with Crippen LogP contribution < -0.4 is 15.5 Å². The number of aliphatic hydroxyl groups excluding tert-OH is 1. The highest BCUT2D eigenvalue weighted by molar-refractivity contribution is 5.99. The molecule has 3 rings (SSSR count). The van der Waals surface area contributed by atoms with E-state index < -0.39 is 12.1 Å². The molecule has 1 heterocycles. The topological polar surface area (TPSA) is 81.7 Å². The predicted octanol–water partition coefficient (Wildman–Crippen LogP) is 5.66. The predicted molar refractivity (Wildman–Crippen MR) is 160 cm³/mol. The quantitative estimate of drug-likeness (QED) is 0.275. The molecule has 0 saturated carbocycles. The molecule has 1 saturated heterocycles. The smallest absolute Gasteiger partial charge is 0.251 e. The fraction of sp³-hybridized carbons (Fsp3) is 0.576. The van der Waals surface area contributed by atoms with Crippen molar-refractivity contribution in [2.24, 2.45) is 5.92 Å². The van der Waals surface area contributed by atoms with Crippen LogP contribution >= 0.6 is 0 Å². The maximum Gasteiger partial charge on any atom is 0.251 e. The number of amides is 2. The Morgan fingerprint density at radius 3 is 2.49 bits per heavy atom. The molecule has 0 aromatic heterocycles. The molecule has 214 valence electrons. The van der Waals surface area contributed by atoms with Crippen LogP contribution in [0.25, 0.3) is 0 Å². The van der Waals surface area contributed by atoms with Crippen molar-refractivity contribution in [1.29, 1.82) is 0 Å². The number of aryl methyl sites for hydroxylation is 1. The summed E-state index contributed by atoms with van der Waals surface area (Å²) in [5.74, 6) is 0.591. The van der Waals surface area contributed by atoms with Gasteiger partial charge in [-0.3, -0.25) is 9.59 Å². The number of piperidine rings is 1. The number of carbonyl (C=O) groups excluding carboxylic acids is 2.